The SMILES string of the molecule is CC(O)COC(C)CO.OCc1ccccc1. The molecule has 1 rings (SSSR count). The minimum atomic E-state index is -0.445. The van der Waals surface area contributed by atoms with Crippen LogP contribution in [0.5, 0.6) is 0 Å². The smallest absolute Gasteiger partial charge is 0.0779 e. The summed E-state index contributed by atoms with van der Waals surface area (Å²) < 4.78 is 4.95. The fourth-order valence-corrected chi connectivity index (χ4v) is 0.940. The van der Waals surface area contributed by atoms with Crippen LogP contribution >= 0.6 is 0 Å². The minimum Gasteiger partial charge on any atom is -0.394 e. The average molecular weight is 242 g/mol. The Hall–Kier alpha value is -0.940. The molecule has 0 spiro atoms. The van der Waals surface area contributed by atoms with E-state index in [0.29, 0.717) is 6.61 Å². The van der Waals surface area contributed by atoms with E-state index in [9.17, 15) is 0 Å². The van der Waals surface area contributed by atoms with Crippen molar-refractivity contribution >= 4 is 0 Å². The van der Waals surface area contributed by atoms with Gasteiger partial charge in [0.1, 0.15) is 0 Å². The van der Waals surface area contributed by atoms with Gasteiger partial charge in [-0.1, -0.05) is 30.3 Å². The highest BCUT2D eigenvalue weighted by atomic mass is 16.5. The molecule has 1 aromatic rings. The van der Waals surface area contributed by atoms with Gasteiger partial charge in [-0.2, -0.15) is 0 Å². The molecule has 0 aliphatic carbocycles. The third kappa shape index (κ3) is 9.96. The molecule has 2 unspecified atom stereocenters. The predicted octanol–water partition coefficient (Wildman–Crippen LogP) is 0.943. The lowest BCUT2D eigenvalue weighted by atomic mass is 10.2. The summed E-state index contributed by atoms with van der Waals surface area (Å²) in [6.07, 6.45) is -0.612. The minimum absolute atomic E-state index is 0.00667. The van der Waals surface area contributed by atoms with Crippen molar-refractivity contribution in [3.05, 3.63) is 35.9 Å². The maximum Gasteiger partial charge on any atom is 0.0779 e. The van der Waals surface area contributed by atoms with Gasteiger partial charge in [-0.3, -0.25) is 0 Å². The number of aliphatic hydroxyl groups excluding tert-OH is 3. The summed E-state index contributed by atoms with van der Waals surface area (Å²) in [4.78, 5) is 0. The summed E-state index contributed by atoms with van der Waals surface area (Å²) in [5, 5.41) is 25.7. The summed E-state index contributed by atoms with van der Waals surface area (Å²) in [7, 11) is 0. The first kappa shape index (κ1) is 16.1. The monoisotopic (exact) mass is 242 g/mol. The molecule has 0 radical (unpaired) electrons. The number of benzene rings is 1. The van der Waals surface area contributed by atoms with Gasteiger partial charge in [0.05, 0.1) is 32.0 Å². The molecule has 0 aliphatic rings. The fourth-order valence-electron chi connectivity index (χ4n) is 0.940. The molecule has 0 aromatic heterocycles. The predicted molar refractivity (Wildman–Crippen MR) is 66.5 cm³/mol. The molecule has 17 heavy (non-hydrogen) atoms. The van der Waals surface area contributed by atoms with Crippen molar-refractivity contribution in [1.82, 2.24) is 0 Å². The van der Waals surface area contributed by atoms with Crippen molar-refractivity contribution in [3.63, 3.8) is 0 Å². The van der Waals surface area contributed by atoms with Gasteiger partial charge in [0.25, 0.3) is 0 Å². The number of rotatable bonds is 5. The maximum absolute atomic E-state index is 8.69. The van der Waals surface area contributed by atoms with Gasteiger partial charge < -0.3 is 20.1 Å². The first-order valence-corrected chi connectivity index (χ1v) is 5.65. The molecule has 4 heteroatoms. The summed E-state index contributed by atoms with van der Waals surface area (Å²) in [6.45, 7) is 3.84. The van der Waals surface area contributed by atoms with E-state index in [1.165, 1.54) is 0 Å². The van der Waals surface area contributed by atoms with Crippen LogP contribution in [0, 0.1) is 0 Å². The van der Waals surface area contributed by atoms with Crippen LogP contribution in [0.1, 0.15) is 19.4 Å². The first-order valence-electron chi connectivity index (χ1n) is 5.65. The van der Waals surface area contributed by atoms with Crippen LogP contribution < -0.4 is 0 Å². The molecule has 0 aliphatic heterocycles. The highest BCUT2D eigenvalue weighted by Gasteiger charge is 2.00. The number of hydrogen-bond donors (Lipinski definition) is 3. The Labute approximate surface area is 102 Å². The second-order valence-electron chi connectivity index (χ2n) is 3.82. The summed E-state index contributed by atoms with van der Waals surface area (Å²) in [5.41, 5.74) is 0.965. The Balaban J connectivity index is 0.000000302. The van der Waals surface area contributed by atoms with E-state index < -0.39 is 6.10 Å². The molecule has 0 saturated heterocycles. The molecule has 2 atom stereocenters. The van der Waals surface area contributed by atoms with Gasteiger partial charge in [0, 0.05) is 0 Å². The van der Waals surface area contributed by atoms with Gasteiger partial charge in [0.2, 0.25) is 0 Å². The third-order valence-electron chi connectivity index (χ3n) is 1.90. The molecule has 0 saturated carbocycles. The van der Waals surface area contributed by atoms with Crippen LogP contribution in [-0.4, -0.2) is 40.7 Å². The molecule has 0 bridgehead atoms. The van der Waals surface area contributed by atoms with Crippen LogP contribution in [-0.2, 0) is 11.3 Å². The van der Waals surface area contributed by atoms with Crippen molar-refractivity contribution in [1.29, 1.82) is 0 Å². The summed E-state index contributed by atoms with van der Waals surface area (Å²) in [6, 6.07) is 9.52. The third-order valence-corrected chi connectivity index (χ3v) is 1.90. The molecule has 98 valence electrons. The van der Waals surface area contributed by atoms with Crippen molar-refractivity contribution in [3.8, 4) is 0 Å². The molecular formula is C13H22O4. The Morgan fingerprint density at radius 2 is 1.71 bits per heavy atom. The normalized spacial score (nSPS) is 13.5. The van der Waals surface area contributed by atoms with Crippen LogP contribution in [0.4, 0.5) is 0 Å². The summed E-state index contributed by atoms with van der Waals surface area (Å²) in [5.74, 6) is 0. The molecule has 0 fully saturated rings. The lowest BCUT2D eigenvalue weighted by Gasteiger charge is -2.10. The molecular weight excluding hydrogens is 220 g/mol. The topological polar surface area (TPSA) is 69.9 Å². The van der Waals surface area contributed by atoms with Crippen molar-refractivity contribution in [2.45, 2.75) is 32.7 Å². The lowest BCUT2D eigenvalue weighted by Crippen LogP contribution is -2.19. The van der Waals surface area contributed by atoms with Crippen molar-refractivity contribution in [2.75, 3.05) is 13.2 Å². The van der Waals surface area contributed by atoms with Gasteiger partial charge >= 0.3 is 0 Å². The zero-order valence-electron chi connectivity index (χ0n) is 10.4. The zero-order valence-corrected chi connectivity index (χ0v) is 10.4. The number of aliphatic hydroxyl groups is 3. The van der Waals surface area contributed by atoms with Gasteiger partial charge in [0.15, 0.2) is 0 Å². The maximum atomic E-state index is 8.69. The van der Waals surface area contributed by atoms with Gasteiger partial charge in [-0.15, -0.1) is 0 Å². The average Bonchev–Trinajstić information content (AvgIpc) is 2.37. The van der Waals surface area contributed by atoms with E-state index in [4.69, 9.17) is 20.1 Å². The molecule has 0 heterocycles. The Bertz CT molecular complexity index is 261. The van der Waals surface area contributed by atoms with Gasteiger partial charge in [-0.05, 0) is 19.4 Å². The lowest BCUT2D eigenvalue weighted by molar-refractivity contribution is -0.0177. The van der Waals surface area contributed by atoms with E-state index in [1.807, 2.05) is 30.3 Å². The second kappa shape index (κ2) is 10.2. The van der Waals surface area contributed by atoms with Crippen LogP contribution in [0.15, 0.2) is 30.3 Å². The second-order valence-corrected chi connectivity index (χ2v) is 3.82. The number of ether oxygens (including phenoxy) is 1. The fraction of sp³-hybridized carbons (Fsp3) is 0.538. The molecule has 0 amide bonds. The zero-order chi connectivity index (χ0) is 13.1. The molecule has 4 nitrogen and oxygen atoms in total. The van der Waals surface area contributed by atoms with E-state index in [-0.39, 0.29) is 19.3 Å². The highest BCUT2D eigenvalue weighted by Crippen LogP contribution is 1.95. The van der Waals surface area contributed by atoms with E-state index in [2.05, 4.69) is 0 Å². The summed E-state index contributed by atoms with van der Waals surface area (Å²) >= 11 is 0. The quantitative estimate of drug-likeness (QED) is 0.719. The molecule has 1 aromatic carbocycles. The van der Waals surface area contributed by atoms with E-state index in [1.54, 1.807) is 13.8 Å². The van der Waals surface area contributed by atoms with Crippen LogP contribution in [0.25, 0.3) is 0 Å². The molecule has 3 N–H and O–H groups in total. The highest BCUT2D eigenvalue weighted by molar-refractivity contribution is 5.12. The first-order chi connectivity index (χ1) is 8.10. The van der Waals surface area contributed by atoms with Crippen molar-refractivity contribution in [2.24, 2.45) is 0 Å². The van der Waals surface area contributed by atoms with Gasteiger partial charge in [-0.25, -0.2) is 0 Å². The van der Waals surface area contributed by atoms with E-state index >= 15 is 0 Å². The standard InChI is InChI=1S/C7H8O.C6H14O3/c8-6-7-4-2-1-3-5-7;1-5(8)4-9-6(2)3-7/h1-5,8H,6H2;5-8H,3-4H2,1-2H3. The number of hydrogen-bond acceptors (Lipinski definition) is 4. The largest absolute Gasteiger partial charge is 0.394 e. The Morgan fingerprint density at radius 1 is 1.12 bits per heavy atom. The van der Waals surface area contributed by atoms with E-state index in [0.717, 1.165) is 5.56 Å². The van der Waals surface area contributed by atoms with Crippen LogP contribution in [0.2, 0.25) is 0 Å². The van der Waals surface area contributed by atoms with Crippen LogP contribution in [0.3, 0.4) is 0 Å². The Morgan fingerprint density at radius 3 is 2.06 bits per heavy atom. The van der Waals surface area contributed by atoms with Crippen molar-refractivity contribution < 1.29 is 20.1 Å². The Kier molecular flexibility index (Phi) is 9.66.